The zero-order valence-electron chi connectivity index (χ0n) is 19.4. The van der Waals surface area contributed by atoms with E-state index in [1.807, 2.05) is 60.7 Å². The Morgan fingerprint density at radius 2 is 1.69 bits per heavy atom. The number of anilines is 1. The number of ether oxygens (including phenoxy) is 1. The summed E-state index contributed by atoms with van der Waals surface area (Å²) in [5.41, 5.74) is 5.91. The number of aryl methyl sites for hydroxylation is 2. The van der Waals surface area contributed by atoms with Crippen LogP contribution >= 0.6 is 11.3 Å². The maximum atomic E-state index is 14.5. The summed E-state index contributed by atoms with van der Waals surface area (Å²) in [5, 5.41) is 0.684. The number of pyridine rings is 1. The molecule has 6 heteroatoms. The zero-order chi connectivity index (χ0) is 23.9. The van der Waals surface area contributed by atoms with Gasteiger partial charge in [0, 0.05) is 23.5 Å². The van der Waals surface area contributed by atoms with Crippen molar-refractivity contribution in [2.75, 3.05) is 4.90 Å². The lowest BCUT2D eigenvalue weighted by Crippen LogP contribution is -2.36. The van der Waals surface area contributed by atoms with Crippen molar-refractivity contribution in [3.8, 4) is 11.5 Å². The molecule has 0 atom stereocenters. The average Bonchev–Trinajstić information content (AvgIpc) is 3.30. The number of carbonyl (C=O) groups is 1. The van der Waals surface area contributed by atoms with Gasteiger partial charge in [-0.25, -0.2) is 4.98 Å². The van der Waals surface area contributed by atoms with Gasteiger partial charge in [-0.3, -0.25) is 14.7 Å². The van der Waals surface area contributed by atoms with Gasteiger partial charge in [-0.1, -0.05) is 59.9 Å². The summed E-state index contributed by atoms with van der Waals surface area (Å²) in [6.45, 7) is 4.54. The molecular formula is C29H23N3O2S. The summed E-state index contributed by atoms with van der Waals surface area (Å²) in [7, 11) is 0. The van der Waals surface area contributed by atoms with Crippen LogP contribution in [-0.2, 0) is 11.3 Å². The zero-order valence-corrected chi connectivity index (χ0v) is 20.3. The van der Waals surface area contributed by atoms with Gasteiger partial charge in [0.15, 0.2) is 5.13 Å². The lowest BCUT2D eigenvalue weighted by atomic mass is 9.87. The molecule has 0 saturated carbocycles. The van der Waals surface area contributed by atoms with Crippen molar-refractivity contribution in [2.45, 2.75) is 26.3 Å². The van der Waals surface area contributed by atoms with Crippen molar-refractivity contribution >= 4 is 32.6 Å². The monoisotopic (exact) mass is 477 g/mol. The molecule has 1 aliphatic rings. The quantitative estimate of drug-likeness (QED) is 0.286. The largest absolute Gasteiger partial charge is 0.457 e. The Bertz CT molecular complexity index is 1520. The fourth-order valence-electron chi connectivity index (χ4n) is 4.73. The van der Waals surface area contributed by atoms with Crippen LogP contribution in [-0.4, -0.2) is 15.9 Å². The van der Waals surface area contributed by atoms with E-state index in [1.165, 1.54) is 5.56 Å². The Morgan fingerprint density at radius 3 is 2.37 bits per heavy atom. The van der Waals surface area contributed by atoms with E-state index < -0.39 is 5.92 Å². The molecule has 5 aromatic rings. The summed E-state index contributed by atoms with van der Waals surface area (Å²) in [6.07, 6.45) is 3.54. The first-order chi connectivity index (χ1) is 17.1. The lowest BCUT2D eigenvalue weighted by Gasteiger charge is -2.31. The van der Waals surface area contributed by atoms with Crippen molar-refractivity contribution < 1.29 is 9.53 Å². The van der Waals surface area contributed by atoms with Crippen LogP contribution in [0.4, 0.5) is 5.13 Å². The van der Waals surface area contributed by atoms with E-state index in [2.05, 4.69) is 31.0 Å². The van der Waals surface area contributed by atoms with E-state index >= 15 is 0 Å². The second-order valence-corrected chi connectivity index (χ2v) is 9.80. The van der Waals surface area contributed by atoms with Crippen molar-refractivity contribution in [1.82, 2.24) is 9.97 Å². The van der Waals surface area contributed by atoms with Crippen LogP contribution in [0, 0.1) is 13.8 Å². The second kappa shape index (κ2) is 8.64. The standard InChI is InChI=1S/C29H23N3O2S/c1-18-14-19(2)27-23(15-18)31-29(35-27)32(17-20-8-7-13-30-16-20)28(33)26-21-9-3-5-11-24(21)34-25-12-6-4-10-22(25)26/h3-16,26H,17H2,1-2H3. The number of amides is 1. The van der Waals surface area contributed by atoms with Gasteiger partial charge in [0.2, 0.25) is 5.91 Å². The number of rotatable bonds is 4. The number of aromatic nitrogens is 2. The molecule has 3 aromatic carbocycles. The van der Waals surface area contributed by atoms with Gasteiger partial charge in [-0.2, -0.15) is 0 Å². The molecule has 0 saturated heterocycles. The molecule has 0 aliphatic carbocycles. The normalized spacial score (nSPS) is 12.6. The van der Waals surface area contributed by atoms with Crippen molar-refractivity contribution in [3.05, 3.63) is 113 Å². The maximum absolute atomic E-state index is 14.5. The fraction of sp³-hybridized carbons (Fsp3) is 0.138. The Morgan fingerprint density at radius 1 is 0.971 bits per heavy atom. The minimum absolute atomic E-state index is 0.0366. The van der Waals surface area contributed by atoms with Gasteiger partial charge in [0.1, 0.15) is 11.5 Å². The summed E-state index contributed by atoms with van der Waals surface area (Å²) in [5.74, 6) is 0.886. The van der Waals surface area contributed by atoms with Crippen molar-refractivity contribution in [1.29, 1.82) is 0 Å². The molecule has 35 heavy (non-hydrogen) atoms. The molecular weight excluding hydrogens is 454 g/mol. The van der Waals surface area contributed by atoms with Crippen molar-refractivity contribution in [3.63, 3.8) is 0 Å². The highest BCUT2D eigenvalue weighted by Crippen LogP contribution is 2.45. The Labute approximate surface area is 207 Å². The van der Waals surface area contributed by atoms with Gasteiger partial charge in [0.25, 0.3) is 0 Å². The van der Waals surface area contributed by atoms with Crippen molar-refractivity contribution in [2.24, 2.45) is 0 Å². The number of benzene rings is 3. The van der Waals surface area contributed by atoms with Gasteiger partial charge >= 0.3 is 0 Å². The number of nitrogens with zero attached hydrogens (tertiary/aromatic N) is 3. The number of fused-ring (bicyclic) bond motifs is 3. The molecule has 5 nitrogen and oxygen atoms in total. The minimum atomic E-state index is -0.498. The van der Waals surface area contributed by atoms with Crippen LogP contribution in [0.2, 0.25) is 0 Å². The van der Waals surface area contributed by atoms with Crippen LogP contribution in [0.15, 0.2) is 85.2 Å². The third-order valence-electron chi connectivity index (χ3n) is 6.30. The van der Waals surface area contributed by atoms with Gasteiger partial charge in [0.05, 0.1) is 22.7 Å². The predicted molar refractivity (Wildman–Crippen MR) is 139 cm³/mol. The van der Waals surface area contributed by atoms with Crippen LogP contribution in [0.5, 0.6) is 11.5 Å². The predicted octanol–water partition coefficient (Wildman–Crippen LogP) is 6.78. The van der Waals surface area contributed by atoms with Crippen LogP contribution in [0.1, 0.15) is 33.7 Å². The molecule has 1 aliphatic heterocycles. The smallest absolute Gasteiger partial charge is 0.241 e. The second-order valence-electron chi connectivity index (χ2n) is 8.82. The van der Waals surface area contributed by atoms with E-state index in [0.717, 1.165) is 32.5 Å². The van der Waals surface area contributed by atoms with Crippen LogP contribution in [0.25, 0.3) is 10.2 Å². The maximum Gasteiger partial charge on any atom is 0.241 e. The first-order valence-electron chi connectivity index (χ1n) is 11.5. The third-order valence-corrected chi connectivity index (χ3v) is 7.53. The van der Waals surface area contributed by atoms with E-state index in [1.54, 1.807) is 28.6 Å². The van der Waals surface area contributed by atoms with E-state index in [0.29, 0.717) is 23.2 Å². The molecule has 0 radical (unpaired) electrons. The van der Waals surface area contributed by atoms with Gasteiger partial charge < -0.3 is 4.74 Å². The number of para-hydroxylation sites is 2. The number of hydrogen-bond acceptors (Lipinski definition) is 5. The Balaban J connectivity index is 1.51. The molecule has 0 fully saturated rings. The Hall–Kier alpha value is -4.03. The third kappa shape index (κ3) is 3.86. The highest BCUT2D eigenvalue weighted by Gasteiger charge is 2.36. The SMILES string of the molecule is Cc1cc(C)c2sc(N(Cc3cccnc3)C(=O)C3c4ccccc4Oc4ccccc43)nc2c1. The van der Waals surface area contributed by atoms with E-state index in [4.69, 9.17) is 9.72 Å². The highest BCUT2D eigenvalue weighted by atomic mass is 32.1. The van der Waals surface area contributed by atoms with Crippen LogP contribution in [0.3, 0.4) is 0 Å². The van der Waals surface area contributed by atoms with E-state index in [9.17, 15) is 4.79 Å². The molecule has 172 valence electrons. The summed E-state index contributed by atoms with van der Waals surface area (Å²) < 4.78 is 7.24. The molecule has 2 aromatic heterocycles. The lowest BCUT2D eigenvalue weighted by molar-refractivity contribution is -0.119. The van der Waals surface area contributed by atoms with E-state index in [-0.39, 0.29) is 5.91 Å². The number of thiazole rings is 1. The molecule has 0 spiro atoms. The Kier molecular flexibility index (Phi) is 5.30. The molecule has 3 heterocycles. The molecule has 0 unspecified atom stereocenters. The van der Waals surface area contributed by atoms with Crippen LogP contribution < -0.4 is 9.64 Å². The first-order valence-corrected chi connectivity index (χ1v) is 12.3. The molecule has 0 bridgehead atoms. The fourth-order valence-corrected chi connectivity index (χ4v) is 5.75. The number of hydrogen-bond donors (Lipinski definition) is 0. The first kappa shape index (κ1) is 21.5. The number of carbonyl (C=O) groups excluding carboxylic acids is 1. The summed E-state index contributed by atoms with van der Waals surface area (Å²) >= 11 is 1.56. The summed E-state index contributed by atoms with van der Waals surface area (Å²) in [4.78, 5) is 25.5. The molecule has 1 amide bonds. The highest BCUT2D eigenvalue weighted by molar-refractivity contribution is 7.22. The minimum Gasteiger partial charge on any atom is -0.457 e. The molecule has 6 rings (SSSR count). The van der Waals surface area contributed by atoms with Gasteiger partial charge in [-0.05, 0) is 54.8 Å². The summed E-state index contributed by atoms with van der Waals surface area (Å²) in [6, 6.07) is 23.7. The average molecular weight is 478 g/mol. The van der Waals surface area contributed by atoms with Gasteiger partial charge in [-0.15, -0.1) is 0 Å². The molecule has 0 N–H and O–H groups in total. The topological polar surface area (TPSA) is 55.3 Å².